The van der Waals surface area contributed by atoms with Gasteiger partial charge in [-0.25, -0.2) is 9.97 Å². The van der Waals surface area contributed by atoms with Crippen molar-refractivity contribution in [1.82, 2.24) is 19.5 Å². The molecular weight excluding hydrogens is 310 g/mol. The van der Waals surface area contributed by atoms with Crippen molar-refractivity contribution in [3.8, 4) is 0 Å². The molecule has 3 aromatic heterocycles. The van der Waals surface area contributed by atoms with Crippen molar-refractivity contribution in [2.75, 3.05) is 5.73 Å². The third kappa shape index (κ3) is 2.49. The van der Waals surface area contributed by atoms with E-state index in [1.54, 1.807) is 6.33 Å². The Morgan fingerprint density at radius 2 is 2.12 bits per heavy atom. The van der Waals surface area contributed by atoms with Gasteiger partial charge < -0.3 is 10.3 Å². The Bertz CT molecular complexity index is 895. The van der Waals surface area contributed by atoms with Crippen LogP contribution in [0.1, 0.15) is 43.7 Å². The molecule has 2 N–H and O–H groups in total. The van der Waals surface area contributed by atoms with E-state index in [2.05, 4.69) is 37.8 Å². The summed E-state index contributed by atoms with van der Waals surface area (Å²) in [5, 5.41) is 0.978. The molecule has 25 heavy (non-hydrogen) atoms. The van der Waals surface area contributed by atoms with E-state index in [-0.39, 0.29) is 0 Å². The minimum Gasteiger partial charge on any atom is -0.383 e. The second kappa shape index (κ2) is 5.55. The standard InChI is InChI=1S/C20H23N5/c21-18-17-4-7-25(19(17)24-13-23-18)16-3-5-20(11-16)9-15(10-20)8-14-2-1-6-22-12-14/h1-2,4,6-7,12-13,15-16H,3,5,8-11H2,(H2,21,23,24)/t15?,16-,20?/m0/s1. The predicted octanol–water partition coefficient (Wildman–Crippen LogP) is 3.77. The topological polar surface area (TPSA) is 69.6 Å². The van der Waals surface area contributed by atoms with Gasteiger partial charge in [0.05, 0.1) is 5.39 Å². The van der Waals surface area contributed by atoms with E-state index in [0.29, 0.717) is 17.3 Å². The van der Waals surface area contributed by atoms with Crippen molar-refractivity contribution in [2.45, 2.75) is 44.6 Å². The van der Waals surface area contributed by atoms with Gasteiger partial charge in [-0.2, -0.15) is 0 Å². The number of nitrogen functional groups attached to an aromatic ring is 1. The molecule has 128 valence electrons. The molecule has 5 nitrogen and oxygen atoms in total. The van der Waals surface area contributed by atoms with Crippen molar-refractivity contribution in [3.63, 3.8) is 0 Å². The van der Waals surface area contributed by atoms with Crippen molar-refractivity contribution in [3.05, 3.63) is 48.7 Å². The maximum absolute atomic E-state index is 5.98. The fourth-order valence-corrected chi connectivity index (χ4v) is 5.23. The van der Waals surface area contributed by atoms with Gasteiger partial charge in [-0.05, 0) is 67.6 Å². The van der Waals surface area contributed by atoms with Crippen LogP contribution in [0.25, 0.3) is 11.0 Å². The molecule has 0 unspecified atom stereocenters. The summed E-state index contributed by atoms with van der Waals surface area (Å²) in [4.78, 5) is 12.8. The maximum Gasteiger partial charge on any atom is 0.145 e. The Morgan fingerprint density at radius 3 is 2.96 bits per heavy atom. The minimum absolute atomic E-state index is 0.547. The van der Waals surface area contributed by atoms with E-state index in [1.165, 1.54) is 44.1 Å². The lowest BCUT2D eigenvalue weighted by atomic mass is 9.59. The van der Waals surface area contributed by atoms with Crippen molar-refractivity contribution in [2.24, 2.45) is 11.3 Å². The Morgan fingerprint density at radius 1 is 1.20 bits per heavy atom. The average molecular weight is 333 g/mol. The normalized spacial score (nSPS) is 28.5. The predicted molar refractivity (Wildman–Crippen MR) is 97.9 cm³/mol. The van der Waals surface area contributed by atoms with Crippen LogP contribution in [-0.2, 0) is 6.42 Å². The second-order valence-electron chi connectivity index (χ2n) is 7.96. The van der Waals surface area contributed by atoms with E-state index in [0.717, 1.165) is 17.0 Å². The molecule has 2 aliphatic rings. The van der Waals surface area contributed by atoms with Crippen LogP contribution in [0, 0.1) is 11.3 Å². The van der Waals surface area contributed by atoms with E-state index in [1.807, 2.05) is 18.5 Å². The summed E-state index contributed by atoms with van der Waals surface area (Å²) in [5.74, 6) is 1.40. The largest absolute Gasteiger partial charge is 0.383 e. The Hall–Kier alpha value is -2.43. The second-order valence-corrected chi connectivity index (χ2v) is 7.96. The van der Waals surface area contributed by atoms with Crippen LogP contribution in [0.3, 0.4) is 0 Å². The highest BCUT2D eigenvalue weighted by molar-refractivity contribution is 5.86. The van der Waals surface area contributed by atoms with Crippen molar-refractivity contribution in [1.29, 1.82) is 0 Å². The van der Waals surface area contributed by atoms with Crippen molar-refractivity contribution >= 4 is 16.9 Å². The van der Waals surface area contributed by atoms with Crippen LogP contribution in [0.4, 0.5) is 5.82 Å². The first-order valence-corrected chi connectivity index (χ1v) is 9.18. The molecule has 3 aromatic rings. The molecule has 5 rings (SSSR count). The number of anilines is 1. The number of nitrogens with zero attached hydrogens (tertiary/aromatic N) is 4. The van der Waals surface area contributed by atoms with Gasteiger partial charge in [0.2, 0.25) is 0 Å². The van der Waals surface area contributed by atoms with Crippen LogP contribution in [0.15, 0.2) is 43.1 Å². The molecule has 2 fully saturated rings. The Balaban J connectivity index is 1.28. The lowest BCUT2D eigenvalue weighted by Gasteiger charge is -2.46. The molecule has 0 aromatic carbocycles. The summed E-state index contributed by atoms with van der Waals surface area (Å²) < 4.78 is 2.33. The van der Waals surface area contributed by atoms with Gasteiger partial charge in [-0.3, -0.25) is 4.98 Å². The highest BCUT2D eigenvalue weighted by atomic mass is 15.1. The highest BCUT2D eigenvalue weighted by Gasteiger charge is 2.48. The third-order valence-corrected chi connectivity index (χ3v) is 6.30. The van der Waals surface area contributed by atoms with E-state index in [4.69, 9.17) is 5.73 Å². The fourth-order valence-electron chi connectivity index (χ4n) is 5.23. The number of pyridine rings is 1. The molecule has 2 aliphatic carbocycles. The summed E-state index contributed by atoms with van der Waals surface area (Å²) >= 11 is 0. The lowest BCUT2D eigenvalue weighted by molar-refractivity contribution is 0.0584. The summed E-state index contributed by atoms with van der Waals surface area (Å²) in [6.45, 7) is 0. The highest BCUT2D eigenvalue weighted by Crippen LogP contribution is 2.59. The molecule has 0 saturated heterocycles. The number of rotatable bonds is 3. The smallest absolute Gasteiger partial charge is 0.145 e. The van der Waals surface area contributed by atoms with Crippen LogP contribution in [0.2, 0.25) is 0 Å². The van der Waals surface area contributed by atoms with Gasteiger partial charge in [-0.1, -0.05) is 6.07 Å². The van der Waals surface area contributed by atoms with Crippen LogP contribution in [-0.4, -0.2) is 19.5 Å². The van der Waals surface area contributed by atoms with Gasteiger partial charge >= 0.3 is 0 Å². The third-order valence-electron chi connectivity index (χ3n) is 6.30. The Labute approximate surface area is 147 Å². The monoisotopic (exact) mass is 333 g/mol. The molecule has 0 amide bonds. The lowest BCUT2D eigenvalue weighted by Crippen LogP contribution is -2.36. The number of hydrogen-bond acceptors (Lipinski definition) is 4. The number of nitrogens with two attached hydrogens (primary N) is 1. The SMILES string of the molecule is Nc1ncnc2c1ccn2[C@H]1CCC2(CC(Cc3cccnc3)C2)C1. The van der Waals surface area contributed by atoms with Gasteiger partial charge in [0.15, 0.2) is 0 Å². The van der Waals surface area contributed by atoms with E-state index < -0.39 is 0 Å². The number of fused-ring (bicyclic) bond motifs is 1. The quantitative estimate of drug-likeness (QED) is 0.792. The molecule has 1 spiro atoms. The van der Waals surface area contributed by atoms with Crippen LogP contribution in [0.5, 0.6) is 0 Å². The van der Waals surface area contributed by atoms with Crippen molar-refractivity contribution < 1.29 is 0 Å². The average Bonchev–Trinajstić information content (AvgIpc) is 3.20. The summed E-state index contributed by atoms with van der Waals surface area (Å²) in [6.07, 6.45) is 15.3. The fraction of sp³-hybridized carbons (Fsp3) is 0.450. The number of aromatic nitrogens is 4. The minimum atomic E-state index is 0.547. The first-order valence-electron chi connectivity index (χ1n) is 9.18. The summed E-state index contributed by atoms with van der Waals surface area (Å²) in [6, 6.07) is 6.85. The first kappa shape index (κ1) is 14.9. The molecule has 2 saturated carbocycles. The van der Waals surface area contributed by atoms with E-state index >= 15 is 0 Å². The molecule has 0 aliphatic heterocycles. The van der Waals surface area contributed by atoms with E-state index in [9.17, 15) is 0 Å². The van der Waals surface area contributed by atoms with Gasteiger partial charge in [0.25, 0.3) is 0 Å². The molecule has 3 heterocycles. The van der Waals surface area contributed by atoms with Gasteiger partial charge in [-0.15, -0.1) is 0 Å². The zero-order valence-corrected chi connectivity index (χ0v) is 14.3. The molecule has 5 heteroatoms. The van der Waals surface area contributed by atoms with Gasteiger partial charge in [0, 0.05) is 24.6 Å². The summed E-state index contributed by atoms with van der Waals surface area (Å²) in [7, 11) is 0. The molecule has 1 atom stereocenters. The zero-order chi connectivity index (χ0) is 16.9. The zero-order valence-electron chi connectivity index (χ0n) is 14.3. The molecular formula is C20H23N5. The molecule has 0 radical (unpaired) electrons. The molecule has 0 bridgehead atoms. The van der Waals surface area contributed by atoms with Crippen LogP contribution >= 0.6 is 0 Å². The van der Waals surface area contributed by atoms with Gasteiger partial charge in [0.1, 0.15) is 17.8 Å². The maximum atomic E-state index is 5.98. The first-order chi connectivity index (χ1) is 12.2. The summed E-state index contributed by atoms with van der Waals surface area (Å²) in [5.41, 5.74) is 8.89. The Kier molecular flexibility index (Phi) is 3.30. The van der Waals surface area contributed by atoms with Crippen LogP contribution < -0.4 is 5.73 Å². The number of hydrogen-bond donors (Lipinski definition) is 1.